The summed E-state index contributed by atoms with van der Waals surface area (Å²) in [6.07, 6.45) is 2.43. The highest BCUT2D eigenvalue weighted by Crippen LogP contribution is 2.30. The Hall–Kier alpha value is -2.22. The number of nitrogens with one attached hydrogen (secondary N) is 1. The zero-order chi connectivity index (χ0) is 15.1. The third kappa shape index (κ3) is 2.11. The van der Waals surface area contributed by atoms with Crippen molar-refractivity contribution in [2.45, 2.75) is 25.8 Å². The maximum Gasteiger partial charge on any atom is 0.326 e. The van der Waals surface area contributed by atoms with Crippen LogP contribution in [0.4, 0.5) is 0 Å². The second kappa shape index (κ2) is 4.96. The smallest absolute Gasteiger partial charge is 0.326 e. The number of aromatic amines is 1. The third-order valence-electron chi connectivity index (χ3n) is 3.73. The third-order valence-corrected chi connectivity index (χ3v) is 4.91. The molecule has 3 heterocycles. The quantitative estimate of drug-likeness (QED) is 0.861. The summed E-state index contributed by atoms with van der Waals surface area (Å²) in [6, 6.07) is -0.784. The van der Waals surface area contributed by atoms with E-state index in [0.29, 0.717) is 40.0 Å². The predicted molar refractivity (Wildman–Crippen MR) is 76.7 cm³/mol. The van der Waals surface area contributed by atoms with E-state index in [4.69, 9.17) is 0 Å². The highest BCUT2D eigenvalue weighted by Gasteiger charge is 2.36. The van der Waals surface area contributed by atoms with E-state index in [9.17, 15) is 19.5 Å². The SMILES string of the molecule is Cc1c(C(=O)N2CCC[C@H]2C(=O)O)sc2nc[nH]c(=O)c12. The Balaban J connectivity index is 2.06. The number of carboxylic acid groups (broad SMARTS) is 1. The van der Waals surface area contributed by atoms with Gasteiger partial charge in [0.15, 0.2) is 0 Å². The van der Waals surface area contributed by atoms with Gasteiger partial charge in [-0.2, -0.15) is 0 Å². The lowest BCUT2D eigenvalue weighted by Gasteiger charge is -2.20. The van der Waals surface area contributed by atoms with Gasteiger partial charge in [-0.3, -0.25) is 9.59 Å². The fourth-order valence-corrected chi connectivity index (χ4v) is 3.79. The van der Waals surface area contributed by atoms with Crippen LogP contribution in [0.1, 0.15) is 28.1 Å². The topological polar surface area (TPSA) is 103 Å². The maximum absolute atomic E-state index is 12.6. The van der Waals surface area contributed by atoms with Crippen LogP contribution < -0.4 is 5.56 Å². The van der Waals surface area contributed by atoms with Crippen LogP contribution in [-0.2, 0) is 4.79 Å². The van der Waals surface area contributed by atoms with Crippen molar-refractivity contribution in [3.8, 4) is 0 Å². The molecule has 110 valence electrons. The lowest BCUT2D eigenvalue weighted by Crippen LogP contribution is -2.40. The van der Waals surface area contributed by atoms with Crippen LogP contribution in [-0.4, -0.2) is 44.4 Å². The maximum atomic E-state index is 12.6. The van der Waals surface area contributed by atoms with Crippen molar-refractivity contribution < 1.29 is 14.7 Å². The zero-order valence-electron chi connectivity index (χ0n) is 11.3. The molecule has 21 heavy (non-hydrogen) atoms. The Morgan fingerprint density at radius 3 is 2.95 bits per heavy atom. The average molecular weight is 307 g/mol. The fraction of sp³-hybridized carbons (Fsp3) is 0.385. The van der Waals surface area contributed by atoms with E-state index in [1.54, 1.807) is 6.92 Å². The molecule has 1 atom stereocenters. The van der Waals surface area contributed by atoms with Gasteiger partial charge in [-0.15, -0.1) is 11.3 Å². The molecule has 2 aromatic rings. The fourth-order valence-electron chi connectivity index (χ4n) is 2.68. The second-order valence-corrected chi connectivity index (χ2v) is 5.96. The number of H-pyrrole nitrogens is 1. The first-order valence-electron chi connectivity index (χ1n) is 6.51. The number of carbonyl (C=O) groups is 2. The van der Waals surface area contributed by atoms with Crippen LogP contribution in [0.3, 0.4) is 0 Å². The molecule has 2 aromatic heterocycles. The molecular weight excluding hydrogens is 294 g/mol. The number of carboxylic acids is 1. The number of hydrogen-bond acceptors (Lipinski definition) is 5. The number of thiophene rings is 1. The van der Waals surface area contributed by atoms with Crippen molar-refractivity contribution in [2.75, 3.05) is 6.54 Å². The number of amides is 1. The summed E-state index contributed by atoms with van der Waals surface area (Å²) in [7, 11) is 0. The summed E-state index contributed by atoms with van der Waals surface area (Å²) in [6.45, 7) is 2.11. The predicted octanol–water partition coefficient (Wildman–Crippen LogP) is 0.982. The number of fused-ring (bicyclic) bond motifs is 1. The summed E-state index contributed by atoms with van der Waals surface area (Å²) in [5.74, 6) is -1.32. The Bertz CT molecular complexity index is 794. The number of hydrogen-bond donors (Lipinski definition) is 2. The first-order chi connectivity index (χ1) is 10.0. The summed E-state index contributed by atoms with van der Waals surface area (Å²) < 4.78 is 0. The van der Waals surface area contributed by atoms with Crippen LogP contribution in [0.15, 0.2) is 11.1 Å². The molecule has 1 aliphatic heterocycles. The van der Waals surface area contributed by atoms with E-state index < -0.39 is 12.0 Å². The van der Waals surface area contributed by atoms with Crippen LogP contribution in [0, 0.1) is 6.92 Å². The van der Waals surface area contributed by atoms with Gasteiger partial charge in [0, 0.05) is 6.54 Å². The van der Waals surface area contributed by atoms with E-state index in [0.717, 1.165) is 11.3 Å². The largest absolute Gasteiger partial charge is 0.480 e. The van der Waals surface area contributed by atoms with Gasteiger partial charge in [-0.05, 0) is 25.3 Å². The zero-order valence-corrected chi connectivity index (χ0v) is 12.1. The Labute approximate surface area is 123 Å². The van der Waals surface area contributed by atoms with E-state index in [-0.39, 0.29) is 11.5 Å². The van der Waals surface area contributed by atoms with E-state index in [1.807, 2.05) is 0 Å². The molecule has 0 radical (unpaired) electrons. The number of aryl methyl sites for hydroxylation is 1. The molecule has 0 aliphatic carbocycles. The minimum Gasteiger partial charge on any atom is -0.480 e. The molecule has 0 saturated carbocycles. The molecule has 1 saturated heterocycles. The number of rotatable bonds is 2. The average Bonchev–Trinajstić information content (AvgIpc) is 3.04. The number of aromatic nitrogens is 2. The number of aliphatic carboxylic acids is 1. The van der Waals surface area contributed by atoms with Gasteiger partial charge in [0.25, 0.3) is 11.5 Å². The first-order valence-corrected chi connectivity index (χ1v) is 7.33. The standard InChI is InChI=1S/C13H13N3O4S/c1-6-8-10(17)14-5-15-11(8)21-9(6)12(18)16-4-2-3-7(16)13(19)20/h5,7H,2-4H2,1H3,(H,19,20)(H,14,15,17)/t7-/m0/s1. The van der Waals surface area contributed by atoms with Crippen molar-refractivity contribution >= 4 is 33.4 Å². The molecule has 0 spiro atoms. The van der Waals surface area contributed by atoms with Gasteiger partial charge in [0.05, 0.1) is 16.6 Å². The van der Waals surface area contributed by atoms with E-state index in [1.165, 1.54) is 11.2 Å². The Kier molecular flexibility index (Phi) is 3.25. The van der Waals surface area contributed by atoms with Crippen molar-refractivity contribution in [1.82, 2.24) is 14.9 Å². The molecule has 1 fully saturated rings. The van der Waals surface area contributed by atoms with Crippen molar-refractivity contribution in [2.24, 2.45) is 0 Å². The van der Waals surface area contributed by atoms with Gasteiger partial charge in [0.2, 0.25) is 0 Å². The molecule has 0 unspecified atom stereocenters. The number of likely N-dealkylation sites (tertiary alicyclic amines) is 1. The molecule has 0 bridgehead atoms. The van der Waals surface area contributed by atoms with E-state index >= 15 is 0 Å². The minimum atomic E-state index is -0.990. The normalized spacial score (nSPS) is 18.3. The van der Waals surface area contributed by atoms with Gasteiger partial charge in [-0.1, -0.05) is 0 Å². The Morgan fingerprint density at radius 1 is 1.52 bits per heavy atom. The van der Waals surface area contributed by atoms with Crippen molar-refractivity contribution in [3.63, 3.8) is 0 Å². The Morgan fingerprint density at radius 2 is 2.29 bits per heavy atom. The highest BCUT2D eigenvalue weighted by molar-refractivity contribution is 7.20. The molecular formula is C13H13N3O4S. The van der Waals surface area contributed by atoms with Gasteiger partial charge >= 0.3 is 5.97 Å². The summed E-state index contributed by atoms with van der Waals surface area (Å²) >= 11 is 1.13. The van der Waals surface area contributed by atoms with Crippen molar-refractivity contribution in [1.29, 1.82) is 0 Å². The van der Waals surface area contributed by atoms with Gasteiger partial charge < -0.3 is 15.0 Å². The van der Waals surface area contributed by atoms with Crippen LogP contribution in [0.5, 0.6) is 0 Å². The molecule has 1 amide bonds. The lowest BCUT2D eigenvalue weighted by atomic mass is 10.2. The molecule has 3 rings (SSSR count). The molecule has 0 aromatic carbocycles. The van der Waals surface area contributed by atoms with Crippen molar-refractivity contribution in [3.05, 3.63) is 27.1 Å². The van der Waals surface area contributed by atoms with E-state index in [2.05, 4.69) is 9.97 Å². The van der Waals surface area contributed by atoms with Gasteiger partial charge in [0.1, 0.15) is 10.9 Å². The first kappa shape index (κ1) is 13.7. The minimum absolute atomic E-state index is 0.288. The monoisotopic (exact) mass is 307 g/mol. The summed E-state index contributed by atoms with van der Waals surface area (Å²) in [5.41, 5.74) is 0.273. The summed E-state index contributed by atoms with van der Waals surface area (Å²) in [4.78, 5) is 44.4. The molecule has 1 aliphatic rings. The summed E-state index contributed by atoms with van der Waals surface area (Å²) in [5, 5.41) is 9.57. The van der Waals surface area contributed by atoms with Crippen LogP contribution in [0.25, 0.3) is 10.2 Å². The van der Waals surface area contributed by atoms with Crippen LogP contribution >= 0.6 is 11.3 Å². The highest BCUT2D eigenvalue weighted by atomic mass is 32.1. The van der Waals surface area contributed by atoms with Crippen LogP contribution in [0.2, 0.25) is 0 Å². The molecule has 8 heteroatoms. The number of carbonyl (C=O) groups excluding carboxylic acids is 1. The molecule has 7 nitrogen and oxygen atoms in total. The lowest BCUT2D eigenvalue weighted by molar-refractivity contribution is -0.141. The van der Waals surface area contributed by atoms with Gasteiger partial charge in [-0.25, -0.2) is 9.78 Å². The number of nitrogens with zero attached hydrogens (tertiary/aromatic N) is 2. The second-order valence-electron chi connectivity index (χ2n) is 4.96. The molecule has 2 N–H and O–H groups in total.